The molecule has 2 aromatic rings. The van der Waals surface area contributed by atoms with Crippen molar-refractivity contribution in [3.63, 3.8) is 0 Å². The summed E-state index contributed by atoms with van der Waals surface area (Å²) in [6.45, 7) is 8.46. The van der Waals surface area contributed by atoms with E-state index >= 15 is 0 Å². The largest absolute Gasteiger partial charge is 0.489 e. The van der Waals surface area contributed by atoms with E-state index < -0.39 is 0 Å². The molecule has 0 saturated heterocycles. The van der Waals surface area contributed by atoms with Gasteiger partial charge in [-0.2, -0.15) is 0 Å². The molecule has 0 N–H and O–H groups in total. The molecule has 110 valence electrons. The maximum atomic E-state index is 11.1. The number of para-hydroxylation sites is 1. The van der Waals surface area contributed by atoms with E-state index in [4.69, 9.17) is 4.74 Å². The number of rotatable bonds is 5. The Morgan fingerprint density at radius 1 is 1.10 bits per heavy atom. The Morgan fingerprint density at radius 2 is 1.71 bits per heavy atom. The molecule has 0 aromatic heterocycles. The Hall–Kier alpha value is -1.66. The lowest BCUT2D eigenvalue weighted by Gasteiger charge is -2.19. The Bertz CT molecular complexity index is 626. The van der Waals surface area contributed by atoms with E-state index in [1.165, 1.54) is 22.3 Å². The zero-order chi connectivity index (χ0) is 15.4. The molecule has 0 heterocycles. The van der Waals surface area contributed by atoms with Gasteiger partial charge in [-0.05, 0) is 56.5 Å². The second kappa shape index (κ2) is 6.87. The summed E-state index contributed by atoms with van der Waals surface area (Å²) in [5.41, 5.74) is 5.24. The monoisotopic (exact) mass is 300 g/mol. The van der Waals surface area contributed by atoms with Crippen LogP contribution in [0.3, 0.4) is 0 Å². The van der Waals surface area contributed by atoms with Crippen LogP contribution in [0.5, 0.6) is 5.75 Å². The molecule has 3 heteroatoms. The van der Waals surface area contributed by atoms with Gasteiger partial charge in [0.1, 0.15) is 5.75 Å². The molecule has 0 spiro atoms. The quantitative estimate of drug-likeness (QED) is 0.758. The zero-order valence-corrected chi connectivity index (χ0v) is 13.9. The van der Waals surface area contributed by atoms with Gasteiger partial charge in [-0.3, -0.25) is 4.57 Å². The van der Waals surface area contributed by atoms with Crippen LogP contribution in [0.4, 0.5) is 0 Å². The van der Waals surface area contributed by atoms with Crippen LogP contribution in [-0.2, 0) is 11.0 Å². The van der Waals surface area contributed by atoms with Crippen LogP contribution >= 0.6 is 8.46 Å². The fraction of sp³-hybridized carbons (Fsp3) is 0.333. The Labute approximate surface area is 128 Å². The second-order valence-electron chi connectivity index (χ2n) is 5.57. The van der Waals surface area contributed by atoms with Gasteiger partial charge in [0.2, 0.25) is 0 Å². The summed E-state index contributed by atoms with van der Waals surface area (Å²) in [6, 6.07) is 11.9. The first kappa shape index (κ1) is 15.7. The van der Waals surface area contributed by atoms with E-state index in [2.05, 4.69) is 39.8 Å². The summed E-state index contributed by atoms with van der Waals surface area (Å²) in [5.74, 6) is 0.698. The van der Waals surface area contributed by atoms with Crippen molar-refractivity contribution in [2.75, 3.05) is 0 Å². The second-order valence-corrected chi connectivity index (χ2v) is 6.23. The molecule has 0 amide bonds. The van der Waals surface area contributed by atoms with Gasteiger partial charge >= 0.3 is 0 Å². The van der Waals surface area contributed by atoms with Gasteiger partial charge in [0.25, 0.3) is 0 Å². The summed E-state index contributed by atoms with van der Waals surface area (Å²) in [7, 11) is -0.00405. The molecule has 1 atom stereocenters. The Balaban J connectivity index is 2.15. The highest BCUT2D eigenvalue weighted by molar-refractivity contribution is 7.34. The van der Waals surface area contributed by atoms with Gasteiger partial charge in [0, 0.05) is 6.42 Å². The lowest BCUT2D eigenvalue weighted by atomic mass is 9.95. The molecule has 2 rings (SSSR count). The molecule has 0 aliphatic carbocycles. The molecule has 0 saturated carbocycles. The topological polar surface area (TPSA) is 26.3 Å². The third-order valence-electron chi connectivity index (χ3n) is 3.62. The average Bonchev–Trinajstić information content (AvgIpc) is 2.43. The third-order valence-corrected chi connectivity index (χ3v) is 4.19. The highest BCUT2D eigenvalue weighted by Gasteiger charge is 2.12. The first-order valence-corrected chi connectivity index (χ1v) is 7.98. The van der Waals surface area contributed by atoms with E-state index in [0.29, 0.717) is 11.1 Å². The van der Waals surface area contributed by atoms with Gasteiger partial charge in [-0.1, -0.05) is 29.8 Å². The predicted octanol–water partition coefficient (Wildman–Crippen LogP) is 4.54. The van der Waals surface area contributed by atoms with Crippen molar-refractivity contribution in [2.24, 2.45) is 0 Å². The standard InChI is InChI=1S/C18H21O2P/c1-12-9-13(2)16(14(3)10-12)11-15(4)20-17-7-5-6-8-18(17)21-19/h5-10,15H,11H2,1-4H3. The third kappa shape index (κ3) is 3.92. The molecule has 2 nitrogen and oxygen atoms in total. The van der Waals surface area contributed by atoms with Crippen molar-refractivity contribution in [1.29, 1.82) is 0 Å². The smallest absolute Gasteiger partial charge is 0.196 e. The first-order chi connectivity index (χ1) is 10.0. The minimum Gasteiger partial charge on any atom is -0.489 e. The molecule has 21 heavy (non-hydrogen) atoms. The van der Waals surface area contributed by atoms with Crippen molar-refractivity contribution in [3.05, 3.63) is 58.7 Å². The maximum Gasteiger partial charge on any atom is 0.196 e. The summed E-state index contributed by atoms with van der Waals surface area (Å²) >= 11 is 0. The lowest BCUT2D eigenvalue weighted by molar-refractivity contribution is 0.223. The molecule has 0 radical (unpaired) electrons. The SMILES string of the molecule is Cc1cc(C)c(CC(C)Oc2ccccc2P=O)c(C)c1. The molecule has 1 unspecified atom stereocenters. The first-order valence-electron chi connectivity index (χ1n) is 7.17. The highest BCUT2D eigenvalue weighted by Crippen LogP contribution is 2.21. The number of hydrogen-bond acceptors (Lipinski definition) is 2. The maximum absolute atomic E-state index is 11.1. The number of benzene rings is 2. The zero-order valence-electron chi connectivity index (χ0n) is 13.0. The van der Waals surface area contributed by atoms with Crippen molar-refractivity contribution in [2.45, 2.75) is 40.2 Å². The summed E-state index contributed by atoms with van der Waals surface area (Å²) in [6.07, 6.45) is 0.884. The van der Waals surface area contributed by atoms with Gasteiger partial charge in [-0.25, -0.2) is 0 Å². The average molecular weight is 300 g/mol. The minimum absolute atomic E-state index is 0.00405. The lowest BCUT2D eigenvalue weighted by Crippen LogP contribution is -2.19. The minimum atomic E-state index is -0.00405. The van der Waals surface area contributed by atoms with Crippen LogP contribution in [-0.4, -0.2) is 6.10 Å². The van der Waals surface area contributed by atoms with Crippen LogP contribution in [0.1, 0.15) is 29.2 Å². The van der Waals surface area contributed by atoms with Crippen LogP contribution in [0.25, 0.3) is 0 Å². The van der Waals surface area contributed by atoms with Crippen LogP contribution in [0, 0.1) is 20.8 Å². The molecule has 0 fully saturated rings. The Morgan fingerprint density at radius 3 is 2.33 bits per heavy atom. The summed E-state index contributed by atoms with van der Waals surface area (Å²) in [4.78, 5) is 0. The van der Waals surface area contributed by atoms with E-state index in [1.54, 1.807) is 0 Å². The summed E-state index contributed by atoms with van der Waals surface area (Å²) in [5, 5.41) is 0.696. The van der Waals surface area contributed by atoms with E-state index in [1.807, 2.05) is 24.3 Å². The van der Waals surface area contributed by atoms with Gasteiger partial charge in [0.15, 0.2) is 8.46 Å². The number of aryl methyl sites for hydroxylation is 3. The van der Waals surface area contributed by atoms with Crippen LogP contribution in [0.15, 0.2) is 36.4 Å². The number of ether oxygens (including phenoxy) is 1. The predicted molar refractivity (Wildman–Crippen MR) is 88.1 cm³/mol. The molecular formula is C18H21O2P. The van der Waals surface area contributed by atoms with E-state index in [-0.39, 0.29) is 14.6 Å². The fourth-order valence-electron chi connectivity index (χ4n) is 2.71. The molecule has 0 bridgehead atoms. The number of hydrogen-bond donors (Lipinski definition) is 0. The molecular weight excluding hydrogens is 279 g/mol. The van der Waals surface area contributed by atoms with Crippen molar-refractivity contribution in [3.8, 4) is 5.75 Å². The molecule has 0 aliphatic rings. The molecule has 2 aromatic carbocycles. The normalized spacial score (nSPS) is 12.4. The molecule has 0 aliphatic heterocycles. The van der Waals surface area contributed by atoms with Gasteiger partial charge in [0.05, 0.1) is 11.4 Å². The van der Waals surface area contributed by atoms with E-state index in [0.717, 1.165) is 6.42 Å². The highest BCUT2D eigenvalue weighted by atomic mass is 31.1. The van der Waals surface area contributed by atoms with E-state index in [9.17, 15) is 4.57 Å². The van der Waals surface area contributed by atoms with Crippen LogP contribution in [0.2, 0.25) is 0 Å². The Kier molecular flexibility index (Phi) is 5.14. The van der Waals surface area contributed by atoms with Crippen molar-refractivity contribution < 1.29 is 9.30 Å². The van der Waals surface area contributed by atoms with Gasteiger partial charge in [-0.15, -0.1) is 0 Å². The summed E-state index contributed by atoms with van der Waals surface area (Å²) < 4.78 is 17.1. The van der Waals surface area contributed by atoms with Gasteiger partial charge < -0.3 is 4.74 Å². The fourth-order valence-corrected chi connectivity index (χ4v) is 3.07. The van der Waals surface area contributed by atoms with Crippen LogP contribution < -0.4 is 10.0 Å². The van der Waals surface area contributed by atoms with Crippen molar-refractivity contribution in [1.82, 2.24) is 0 Å². The van der Waals surface area contributed by atoms with Crippen molar-refractivity contribution >= 4 is 13.8 Å².